The minimum Gasteiger partial charge on any atom is -0.396 e. The number of aromatic nitrogens is 1. The molecule has 0 aliphatic rings. The summed E-state index contributed by atoms with van der Waals surface area (Å²) in [6.45, 7) is 3.69. The van der Waals surface area contributed by atoms with Crippen molar-refractivity contribution in [3.8, 4) is 0 Å². The van der Waals surface area contributed by atoms with E-state index in [4.69, 9.17) is 28.5 Å². The summed E-state index contributed by atoms with van der Waals surface area (Å²) in [5.74, 6) is 0.551. The smallest absolute Gasteiger partial charge is 0.130 e. The molecule has 0 fully saturated rings. The minimum atomic E-state index is 0.145. The molecule has 0 saturated carbocycles. The first-order chi connectivity index (χ1) is 7.54. The maximum Gasteiger partial charge on any atom is 0.130 e. The van der Waals surface area contributed by atoms with E-state index in [0.717, 1.165) is 6.21 Å². The van der Waals surface area contributed by atoms with Crippen molar-refractivity contribution in [1.82, 2.24) is 4.98 Å². The molecule has 0 saturated heterocycles. The molecular formula is C10H12ClN5. The second-order valence-electron chi connectivity index (χ2n) is 2.98. The van der Waals surface area contributed by atoms with Gasteiger partial charge in [-0.05, 0) is 12.1 Å². The van der Waals surface area contributed by atoms with Crippen molar-refractivity contribution in [2.24, 2.45) is 11.5 Å². The van der Waals surface area contributed by atoms with Crippen LogP contribution in [0.3, 0.4) is 0 Å². The second-order valence-corrected chi connectivity index (χ2v) is 3.42. The van der Waals surface area contributed by atoms with Gasteiger partial charge in [-0.15, -0.1) is 0 Å². The van der Waals surface area contributed by atoms with Crippen LogP contribution >= 0.6 is 11.6 Å². The van der Waals surface area contributed by atoms with Gasteiger partial charge in [0.15, 0.2) is 0 Å². The fourth-order valence-electron chi connectivity index (χ4n) is 0.924. The molecule has 1 rings (SSSR count). The van der Waals surface area contributed by atoms with E-state index in [0.29, 0.717) is 16.5 Å². The number of rotatable bonds is 4. The van der Waals surface area contributed by atoms with Crippen LogP contribution in [0.25, 0.3) is 0 Å². The average Bonchev–Trinajstić information content (AvgIpc) is 2.30. The van der Waals surface area contributed by atoms with Crippen LogP contribution in [0, 0.1) is 5.41 Å². The molecule has 84 valence electrons. The zero-order valence-electron chi connectivity index (χ0n) is 8.50. The van der Waals surface area contributed by atoms with Crippen molar-refractivity contribution >= 4 is 23.6 Å². The summed E-state index contributed by atoms with van der Waals surface area (Å²) in [6.07, 6.45) is 2.45. The first kappa shape index (κ1) is 12.1. The Morgan fingerprint density at radius 2 is 2.19 bits per heavy atom. The minimum absolute atomic E-state index is 0.145. The largest absolute Gasteiger partial charge is 0.396 e. The van der Waals surface area contributed by atoms with Gasteiger partial charge in [0.25, 0.3) is 0 Å². The zero-order chi connectivity index (χ0) is 12.1. The van der Waals surface area contributed by atoms with Crippen molar-refractivity contribution in [3.05, 3.63) is 47.0 Å². The van der Waals surface area contributed by atoms with Crippen LogP contribution in [0.2, 0.25) is 5.02 Å². The van der Waals surface area contributed by atoms with E-state index in [1.165, 1.54) is 6.20 Å². The third kappa shape index (κ3) is 2.99. The first-order valence-electron chi connectivity index (χ1n) is 4.38. The average molecular weight is 238 g/mol. The molecule has 6 heteroatoms. The second kappa shape index (κ2) is 5.18. The molecule has 0 atom stereocenters. The standard InChI is InChI=1S/C10H12ClN5/c1-6(10(14)8(13)4-12)16-9-3-2-7(11)5-15-9/h2-5,12H,1,13-14H2,(H,15,16)/b10-8+,12-4?. The van der Waals surface area contributed by atoms with Gasteiger partial charge in [-0.3, -0.25) is 0 Å². The molecule has 6 N–H and O–H groups in total. The number of anilines is 1. The van der Waals surface area contributed by atoms with Crippen LogP contribution in [0.15, 0.2) is 42.0 Å². The van der Waals surface area contributed by atoms with Gasteiger partial charge < -0.3 is 22.2 Å². The number of nitrogens with two attached hydrogens (primary N) is 2. The number of nitrogens with zero attached hydrogens (tertiary/aromatic N) is 1. The molecule has 5 nitrogen and oxygen atoms in total. The quantitative estimate of drug-likeness (QED) is 0.470. The Hall–Kier alpha value is -2.01. The Bertz CT molecular complexity index is 435. The molecule has 16 heavy (non-hydrogen) atoms. The number of hydrogen-bond donors (Lipinski definition) is 4. The first-order valence-corrected chi connectivity index (χ1v) is 4.76. The fraction of sp³-hybridized carbons (Fsp3) is 0. The topological polar surface area (TPSA) is 101 Å². The van der Waals surface area contributed by atoms with Gasteiger partial charge in [-0.1, -0.05) is 18.2 Å². The highest BCUT2D eigenvalue weighted by Gasteiger charge is 2.03. The van der Waals surface area contributed by atoms with Crippen molar-refractivity contribution < 1.29 is 0 Å². The van der Waals surface area contributed by atoms with Crippen LogP contribution in [0.5, 0.6) is 0 Å². The molecule has 0 aliphatic heterocycles. The van der Waals surface area contributed by atoms with Gasteiger partial charge in [0.2, 0.25) is 0 Å². The number of hydrogen-bond acceptors (Lipinski definition) is 5. The van der Waals surface area contributed by atoms with Crippen LogP contribution < -0.4 is 16.8 Å². The summed E-state index contributed by atoms with van der Waals surface area (Å²) in [5, 5.41) is 10.3. The molecule has 1 aromatic heterocycles. The lowest BCUT2D eigenvalue weighted by Crippen LogP contribution is -2.16. The molecule has 0 amide bonds. The van der Waals surface area contributed by atoms with Crippen LogP contribution in [-0.2, 0) is 0 Å². The number of allylic oxidation sites excluding steroid dienone is 1. The number of nitrogens with one attached hydrogen (secondary N) is 2. The van der Waals surface area contributed by atoms with Gasteiger partial charge in [0, 0.05) is 12.4 Å². The van der Waals surface area contributed by atoms with Gasteiger partial charge in [-0.2, -0.15) is 0 Å². The van der Waals surface area contributed by atoms with E-state index < -0.39 is 0 Å². The Balaban J connectivity index is 2.79. The van der Waals surface area contributed by atoms with Crippen molar-refractivity contribution in [2.45, 2.75) is 0 Å². The Labute approximate surface area is 98.3 Å². The molecular weight excluding hydrogens is 226 g/mol. The summed E-state index contributed by atoms with van der Waals surface area (Å²) in [5.41, 5.74) is 11.8. The van der Waals surface area contributed by atoms with Crippen LogP contribution in [0.4, 0.5) is 5.82 Å². The molecule has 0 radical (unpaired) electrons. The molecule has 1 heterocycles. The maximum atomic E-state index is 6.95. The van der Waals surface area contributed by atoms with Gasteiger partial charge in [0.05, 0.1) is 22.1 Å². The third-order valence-electron chi connectivity index (χ3n) is 1.80. The molecule has 0 bridgehead atoms. The summed E-state index contributed by atoms with van der Waals surface area (Å²) in [4.78, 5) is 4.01. The van der Waals surface area contributed by atoms with E-state index in [2.05, 4.69) is 16.9 Å². The van der Waals surface area contributed by atoms with Gasteiger partial charge >= 0.3 is 0 Å². The van der Waals surface area contributed by atoms with Crippen LogP contribution in [0.1, 0.15) is 0 Å². The van der Waals surface area contributed by atoms with E-state index in [1.807, 2.05) is 0 Å². The van der Waals surface area contributed by atoms with Crippen molar-refractivity contribution in [1.29, 1.82) is 5.41 Å². The highest BCUT2D eigenvalue weighted by molar-refractivity contribution is 6.30. The summed E-state index contributed by atoms with van der Waals surface area (Å²) >= 11 is 5.69. The lowest BCUT2D eigenvalue weighted by atomic mass is 10.3. The van der Waals surface area contributed by atoms with E-state index in [-0.39, 0.29) is 11.4 Å². The number of halogens is 1. The molecule has 0 aliphatic carbocycles. The van der Waals surface area contributed by atoms with Gasteiger partial charge in [-0.25, -0.2) is 4.98 Å². The van der Waals surface area contributed by atoms with Crippen molar-refractivity contribution in [2.75, 3.05) is 5.32 Å². The Morgan fingerprint density at radius 3 is 2.69 bits per heavy atom. The van der Waals surface area contributed by atoms with E-state index >= 15 is 0 Å². The zero-order valence-corrected chi connectivity index (χ0v) is 9.25. The highest BCUT2D eigenvalue weighted by Crippen LogP contribution is 2.12. The lowest BCUT2D eigenvalue weighted by molar-refractivity contribution is 1.20. The maximum absolute atomic E-state index is 6.95. The van der Waals surface area contributed by atoms with Crippen LogP contribution in [-0.4, -0.2) is 11.2 Å². The molecule has 1 aromatic rings. The van der Waals surface area contributed by atoms with E-state index in [1.54, 1.807) is 12.1 Å². The monoisotopic (exact) mass is 237 g/mol. The molecule has 0 unspecified atom stereocenters. The SMILES string of the molecule is C=C(Nc1ccc(Cl)cn1)/C(N)=C(\N)C=N. The Morgan fingerprint density at radius 1 is 1.50 bits per heavy atom. The van der Waals surface area contributed by atoms with Crippen molar-refractivity contribution in [3.63, 3.8) is 0 Å². The van der Waals surface area contributed by atoms with Gasteiger partial charge in [0.1, 0.15) is 5.82 Å². The summed E-state index contributed by atoms with van der Waals surface area (Å²) in [7, 11) is 0. The van der Waals surface area contributed by atoms with E-state index in [9.17, 15) is 0 Å². The predicted octanol–water partition coefficient (Wildman–Crippen LogP) is 1.44. The fourth-order valence-corrected chi connectivity index (χ4v) is 1.04. The number of pyridine rings is 1. The predicted molar refractivity (Wildman–Crippen MR) is 66.2 cm³/mol. The summed E-state index contributed by atoms with van der Waals surface area (Å²) < 4.78 is 0. The summed E-state index contributed by atoms with van der Waals surface area (Å²) in [6, 6.07) is 3.37. The lowest BCUT2D eigenvalue weighted by Gasteiger charge is -2.10. The normalized spacial score (nSPS) is 11.6. The molecule has 0 spiro atoms. The molecule has 0 aromatic carbocycles. The third-order valence-corrected chi connectivity index (χ3v) is 2.02. The highest BCUT2D eigenvalue weighted by atomic mass is 35.5. The Kier molecular flexibility index (Phi) is 3.90.